The van der Waals surface area contributed by atoms with Crippen LogP contribution in [0.4, 0.5) is 0 Å². The Kier molecular flexibility index (Phi) is 2.69. The van der Waals surface area contributed by atoms with Crippen molar-refractivity contribution < 1.29 is 0 Å². The van der Waals surface area contributed by atoms with Crippen LogP contribution in [0.3, 0.4) is 0 Å². The molecule has 0 radical (unpaired) electrons. The van der Waals surface area contributed by atoms with Crippen molar-refractivity contribution in [2.75, 3.05) is 0 Å². The fraction of sp³-hybridized carbons (Fsp3) is 0.250. The van der Waals surface area contributed by atoms with E-state index in [4.69, 9.17) is 0 Å². The standard InChI is InChI=1S/C16H17N/c1-12-11-14-9-5-6-10-15(14)16(17-12)13-7-3-2-4-8-13/h2-10,12,16-17H,11H2,1H3. The van der Waals surface area contributed by atoms with Gasteiger partial charge in [-0.15, -0.1) is 0 Å². The Morgan fingerprint density at radius 3 is 2.47 bits per heavy atom. The van der Waals surface area contributed by atoms with Crippen LogP contribution in [0, 0.1) is 0 Å². The predicted octanol–water partition coefficient (Wildman–Crippen LogP) is 3.31. The van der Waals surface area contributed by atoms with E-state index in [1.165, 1.54) is 16.7 Å². The van der Waals surface area contributed by atoms with Gasteiger partial charge in [0, 0.05) is 6.04 Å². The lowest BCUT2D eigenvalue weighted by Gasteiger charge is -2.31. The summed E-state index contributed by atoms with van der Waals surface area (Å²) in [5.74, 6) is 0. The summed E-state index contributed by atoms with van der Waals surface area (Å²) in [7, 11) is 0. The zero-order valence-electron chi connectivity index (χ0n) is 10.1. The fourth-order valence-electron chi connectivity index (χ4n) is 2.69. The molecule has 1 heteroatoms. The van der Waals surface area contributed by atoms with E-state index in [2.05, 4.69) is 66.8 Å². The highest BCUT2D eigenvalue weighted by molar-refractivity contribution is 5.39. The van der Waals surface area contributed by atoms with E-state index < -0.39 is 0 Å². The Bertz CT molecular complexity index is 504. The van der Waals surface area contributed by atoms with Gasteiger partial charge < -0.3 is 5.32 Å². The molecule has 0 bridgehead atoms. The van der Waals surface area contributed by atoms with E-state index in [9.17, 15) is 0 Å². The molecule has 1 aliphatic rings. The van der Waals surface area contributed by atoms with Gasteiger partial charge in [-0.2, -0.15) is 0 Å². The van der Waals surface area contributed by atoms with Crippen molar-refractivity contribution in [2.24, 2.45) is 0 Å². The quantitative estimate of drug-likeness (QED) is 0.782. The summed E-state index contributed by atoms with van der Waals surface area (Å²) in [5, 5.41) is 3.69. The second-order valence-electron chi connectivity index (χ2n) is 4.81. The van der Waals surface area contributed by atoms with Crippen molar-refractivity contribution in [3.05, 3.63) is 71.3 Å². The van der Waals surface area contributed by atoms with E-state index in [0.717, 1.165) is 6.42 Å². The van der Waals surface area contributed by atoms with Crippen LogP contribution in [0.2, 0.25) is 0 Å². The third kappa shape index (κ3) is 1.98. The molecule has 0 spiro atoms. The Hall–Kier alpha value is -1.60. The molecule has 0 saturated carbocycles. The third-order valence-corrected chi connectivity index (χ3v) is 3.48. The van der Waals surface area contributed by atoms with Crippen molar-refractivity contribution in [2.45, 2.75) is 25.4 Å². The second kappa shape index (κ2) is 4.34. The van der Waals surface area contributed by atoms with Crippen LogP contribution in [0.25, 0.3) is 0 Å². The van der Waals surface area contributed by atoms with Crippen LogP contribution in [0.1, 0.15) is 29.7 Å². The Morgan fingerprint density at radius 1 is 0.941 bits per heavy atom. The van der Waals surface area contributed by atoms with Gasteiger partial charge in [0.2, 0.25) is 0 Å². The number of fused-ring (bicyclic) bond motifs is 1. The topological polar surface area (TPSA) is 12.0 Å². The summed E-state index contributed by atoms with van der Waals surface area (Å²) in [6.45, 7) is 2.26. The van der Waals surface area contributed by atoms with Gasteiger partial charge in [0.15, 0.2) is 0 Å². The lowest BCUT2D eigenvalue weighted by atomic mass is 9.87. The van der Waals surface area contributed by atoms with Gasteiger partial charge in [-0.25, -0.2) is 0 Å². The largest absolute Gasteiger partial charge is 0.303 e. The molecule has 3 rings (SSSR count). The molecule has 2 atom stereocenters. The zero-order chi connectivity index (χ0) is 11.7. The number of nitrogens with one attached hydrogen (secondary N) is 1. The van der Waals surface area contributed by atoms with E-state index in [1.807, 2.05) is 0 Å². The summed E-state index contributed by atoms with van der Waals surface area (Å²) in [5.41, 5.74) is 4.26. The highest BCUT2D eigenvalue weighted by Crippen LogP contribution is 2.30. The molecule has 0 amide bonds. The van der Waals surface area contributed by atoms with Gasteiger partial charge in [0.1, 0.15) is 0 Å². The van der Waals surface area contributed by atoms with Gasteiger partial charge >= 0.3 is 0 Å². The fourth-order valence-corrected chi connectivity index (χ4v) is 2.69. The molecule has 2 aromatic carbocycles. The molecule has 2 aromatic rings. The summed E-state index contributed by atoms with van der Waals surface area (Å²) in [4.78, 5) is 0. The summed E-state index contributed by atoms with van der Waals surface area (Å²) in [6, 6.07) is 20.3. The van der Waals surface area contributed by atoms with E-state index in [1.54, 1.807) is 0 Å². The highest BCUT2D eigenvalue weighted by atomic mass is 15.0. The monoisotopic (exact) mass is 223 g/mol. The first-order chi connectivity index (χ1) is 8.34. The Labute approximate surface area is 102 Å². The lowest BCUT2D eigenvalue weighted by Crippen LogP contribution is -2.37. The van der Waals surface area contributed by atoms with Crippen LogP contribution in [-0.2, 0) is 6.42 Å². The Balaban J connectivity index is 2.07. The molecule has 86 valence electrons. The summed E-state index contributed by atoms with van der Waals surface area (Å²) >= 11 is 0. The van der Waals surface area contributed by atoms with Crippen LogP contribution < -0.4 is 5.32 Å². The normalized spacial score (nSPS) is 23.1. The molecule has 1 aliphatic heterocycles. The first-order valence-electron chi connectivity index (χ1n) is 6.23. The lowest BCUT2D eigenvalue weighted by molar-refractivity contribution is 0.464. The number of hydrogen-bond donors (Lipinski definition) is 1. The Morgan fingerprint density at radius 2 is 1.65 bits per heavy atom. The molecule has 0 aliphatic carbocycles. The average molecular weight is 223 g/mol. The summed E-state index contributed by atoms with van der Waals surface area (Å²) in [6.07, 6.45) is 1.12. The van der Waals surface area contributed by atoms with E-state index in [0.29, 0.717) is 12.1 Å². The zero-order valence-corrected chi connectivity index (χ0v) is 10.1. The maximum Gasteiger partial charge on any atom is 0.0581 e. The van der Waals surface area contributed by atoms with Crippen LogP contribution in [0.15, 0.2) is 54.6 Å². The SMILES string of the molecule is CC1Cc2ccccc2C(c2ccccc2)N1. The molecule has 0 saturated heterocycles. The molecule has 1 heterocycles. The van der Waals surface area contributed by atoms with Crippen molar-refractivity contribution >= 4 is 0 Å². The summed E-state index contributed by atoms with van der Waals surface area (Å²) < 4.78 is 0. The predicted molar refractivity (Wildman–Crippen MR) is 71.0 cm³/mol. The number of rotatable bonds is 1. The van der Waals surface area contributed by atoms with Crippen molar-refractivity contribution in [1.29, 1.82) is 0 Å². The van der Waals surface area contributed by atoms with Crippen LogP contribution in [-0.4, -0.2) is 6.04 Å². The van der Waals surface area contributed by atoms with E-state index in [-0.39, 0.29) is 0 Å². The van der Waals surface area contributed by atoms with Gasteiger partial charge in [0.25, 0.3) is 0 Å². The minimum absolute atomic E-state index is 0.344. The molecule has 0 fully saturated rings. The first-order valence-corrected chi connectivity index (χ1v) is 6.23. The van der Waals surface area contributed by atoms with Crippen molar-refractivity contribution in [1.82, 2.24) is 5.32 Å². The number of hydrogen-bond acceptors (Lipinski definition) is 1. The van der Waals surface area contributed by atoms with Crippen LogP contribution in [0.5, 0.6) is 0 Å². The maximum atomic E-state index is 3.69. The molecule has 1 N–H and O–H groups in total. The van der Waals surface area contributed by atoms with Crippen molar-refractivity contribution in [3.8, 4) is 0 Å². The molecule has 1 nitrogen and oxygen atoms in total. The first kappa shape index (κ1) is 10.5. The minimum atomic E-state index is 0.344. The van der Waals surface area contributed by atoms with Crippen molar-refractivity contribution in [3.63, 3.8) is 0 Å². The second-order valence-corrected chi connectivity index (χ2v) is 4.81. The minimum Gasteiger partial charge on any atom is -0.303 e. The van der Waals surface area contributed by atoms with Gasteiger partial charge in [-0.3, -0.25) is 0 Å². The molecule has 17 heavy (non-hydrogen) atoms. The maximum absolute atomic E-state index is 3.69. The number of benzene rings is 2. The third-order valence-electron chi connectivity index (χ3n) is 3.48. The van der Waals surface area contributed by atoms with Gasteiger partial charge in [0.05, 0.1) is 6.04 Å². The van der Waals surface area contributed by atoms with Gasteiger partial charge in [-0.05, 0) is 30.0 Å². The van der Waals surface area contributed by atoms with Crippen LogP contribution >= 0.6 is 0 Å². The molecular formula is C16H17N. The average Bonchev–Trinajstić information content (AvgIpc) is 2.39. The molecular weight excluding hydrogens is 206 g/mol. The van der Waals surface area contributed by atoms with E-state index >= 15 is 0 Å². The highest BCUT2D eigenvalue weighted by Gasteiger charge is 2.24. The smallest absolute Gasteiger partial charge is 0.0581 e. The molecule has 0 aromatic heterocycles. The molecule has 2 unspecified atom stereocenters. The van der Waals surface area contributed by atoms with Gasteiger partial charge in [-0.1, -0.05) is 54.6 Å².